The summed E-state index contributed by atoms with van der Waals surface area (Å²) < 4.78 is 0. The molecular formula is C32H36N4O3. The fourth-order valence-corrected chi connectivity index (χ4v) is 4.73. The summed E-state index contributed by atoms with van der Waals surface area (Å²) in [6, 6.07) is 21.3. The molecule has 3 aromatic rings. The van der Waals surface area contributed by atoms with Crippen LogP contribution in [0, 0.1) is 11.8 Å². The van der Waals surface area contributed by atoms with Crippen molar-refractivity contribution in [3.8, 4) is 11.1 Å². The lowest BCUT2D eigenvalue weighted by molar-refractivity contribution is -0.118. The van der Waals surface area contributed by atoms with Crippen molar-refractivity contribution in [1.29, 1.82) is 0 Å². The Kier molecular flexibility index (Phi) is 8.62. The lowest BCUT2D eigenvalue weighted by Crippen LogP contribution is -2.44. The Balaban J connectivity index is 1.68. The van der Waals surface area contributed by atoms with Crippen LogP contribution in [0.15, 0.2) is 78.9 Å². The van der Waals surface area contributed by atoms with Gasteiger partial charge in [-0.15, -0.1) is 0 Å². The van der Waals surface area contributed by atoms with E-state index >= 15 is 0 Å². The van der Waals surface area contributed by atoms with Crippen LogP contribution in [0.4, 0.5) is 11.4 Å². The average molecular weight is 525 g/mol. The molecule has 7 heteroatoms. The number of anilines is 2. The molecule has 1 aliphatic heterocycles. The number of nitrogens with one attached hydrogen (secondary N) is 3. The second-order valence-corrected chi connectivity index (χ2v) is 10.3. The second-order valence-electron chi connectivity index (χ2n) is 10.3. The highest BCUT2D eigenvalue weighted by atomic mass is 16.2. The molecule has 5 N–H and O–H groups in total. The molecule has 3 unspecified atom stereocenters. The van der Waals surface area contributed by atoms with Crippen molar-refractivity contribution in [1.82, 2.24) is 5.32 Å². The molecule has 0 radical (unpaired) electrons. The zero-order chi connectivity index (χ0) is 28.1. The third-order valence-electron chi connectivity index (χ3n) is 7.28. The van der Waals surface area contributed by atoms with Crippen LogP contribution in [0.5, 0.6) is 0 Å². The van der Waals surface area contributed by atoms with Crippen molar-refractivity contribution in [2.75, 3.05) is 10.6 Å². The zero-order valence-electron chi connectivity index (χ0n) is 22.8. The summed E-state index contributed by atoms with van der Waals surface area (Å²) in [5.74, 6) is -0.570. The van der Waals surface area contributed by atoms with E-state index in [2.05, 4.69) is 29.8 Å². The first-order valence-corrected chi connectivity index (χ1v) is 13.4. The summed E-state index contributed by atoms with van der Waals surface area (Å²) in [6.45, 7) is 7.93. The second kappa shape index (κ2) is 12.1. The normalized spacial score (nSPS) is 17.2. The molecular weight excluding hydrogens is 488 g/mol. The molecule has 0 saturated carbocycles. The SMILES string of the molecule is CCC(C)C1NC(=O)c2ccccc2C1=CC(=O)Nc1ccccc1-c1ccccc1NC(=O)C(N)C(C)C. The van der Waals surface area contributed by atoms with Crippen LogP contribution in [-0.4, -0.2) is 29.8 Å². The van der Waals surface area contributed by atoms with E-state index in [-0.39, 0.29) is 35.6 Å². The Bertz CT molecular complexity index is 1410. The quantitative estimate of drug-likeness (QED) is 0.293. The maximum absolute atomic E-state index is 13.5. The van der Waals surface area contributed by atoms with Crippen LogP contribution in [-0.2, 0) is 9.59 Å². The number of para-hydroxylation sites is 2. The number of nitrogens with two attached hydrogens (primary N) is 1. The van der Waals surface area contributed by atoms with Crippen LogP contribution in [0.3, 0.4) is 0 Å². The molecule has 3 atom stereocenters. The number of benzene rings is 3. The van der Waals surface area contributed by atoms with Crippen LogP contribution in [0.25, 0.3) is 16.7 Å². The van der Waals surface area contributed by atoms with Crippen molar-refractivity contribution < 1.29 is 14.4 Å². The summed E-state index contributed by atoms with van der Waals surface area (Å²) in [4.78, 5) is 38.9. The minimum absolute atomic E-state index is 0.00859. The molecule has 1 aliphatic rings. The zero-order valence-corrected chi connectivity index (χ0v) is 22.8. The monoisotopic (exact) mass is 524 g/mol. The number of amides is 3. The molecule has 39 heavy (non-hydrogen) atoms. The lowest BCUT2D eigenvalue weighted by Gasteiger charge is -2.32. The number of carbonyl (C=O) groups excluding carboxylic acids is 3. The largest absolute Gasteiger partial charge is 0.345 e. The summed E-state index contributed by atoms with van der Waals surface area (Å²) >= 11 is 0. The van der Waals surface area contributed by atoms with E-state index < -0.39 is 6.04 Å². The van der Waals surface area contributed by atoms with Gasteiger partial charge < -0.3 is 21.7 Å². The van der Waals surface area contributed by atoms with Gasteiger partial charge in [0.15, 0.2) is 0 Å². The van der Waals surface area contributed by atoms with Gasteiger partial charge in [0, 0.05) is 34.1 Å². The first-order valence-electron chi connectivity index (χ1n) is 13.4. The highest BCUT2D eigenvalue weighted by Crippen LogP contribution is 2.35. The summed E-state index contributed by atoms with van der Waals surface area (Å²) in [7, 11) is 0. The molecule has 0 aromatic heterocycles. The molecule has 0 aliphatic carbocycles. The number of carbonyl (C=O) groups is 3. The van der Waals surface area contributed by atoms with Gasteiger partial charge >= 0.3 is 0 Å². The Morgan fingerprint density at radius 2 is 1.36 bits per heavy atom. The van der Waals surface area contributed by atoms with Crippen LogP contribution >= 0.6 is 0 Å². The topological polar surface area (TPSA) is 113 Å². The van der Waals surface area contributed by atoms with E-state index in [9.17, 15) is 14.4 Å². The van der Waals surface area contributed by atoms with Gasteiger partial charge in [0.1, 0.15) is 0 Å². The highest BCUT2D eigenvalue weighted by molar-refractivity contribution is 6.11. The molecule has 1 heterocycles. The van der Waals surface area contributed by atoms with Crippen molar-refractivity contribution in [3.63, 3.8) is 0 Å². The predicted molar refractivity (Wildman–Crippen MR) is 157 cm³/mol. The lowest BCUT2D eigenvalue weighted by atomic mass is 9.82. The van der Waals surface area contributed by atoms with Gasteiger partial charge in [-0.25, -0.2) is 0 Å². The van der Waals surface area contributed by atoms with E-state index in [1.165, 1.54) is 0 Å². The van der Waals surface area contributed by atoms with E-state index in [1.54, 1.807) is 12.1 Å². The van der Waals surface area contributed by atoms with Gasteiger partial charge in [-0.3, -0.25) is 14.4 Å². The molecule has 0 fully saturated rings. The van der Waals surface area contributed by atoms with Gasteiger partial charge in [0.05, 0.1) is 12.1 Å². The number of hydrogen-bond donors (Lipinski definition) is 4. The standard InChI is InChI=1S/C32H36N4O3/c1-5-20(4)30-25(21-12-6-7-15-24(21)31(38)36-30)18-28(37)34-26-16-10-8-13-22(26)23-14-9-11-17-27(23)35-32(39)29(33)19(2)3/h6-20,29-30H,5,33H2,1-4H3,(H,34,37)(H,35,39)(H,36,38). The third-order valence-corrected chi connectivity index (χ3v) is 7.28. The van der Waals surface area contributed by atoms with Crippen molar-refractivity contribution in [3.05, 3.63) is 90.0 Å². The number of fused-ring (bicyclic) bond motifs is 1. The Labute approximate surface area is 229 Å². The Morgan fingerprint density at radius 3 is 1.92 bits per heavy atom. The van der Waals surface area contributed by atoms with Gasteiger partial charge in [0.2, 0.25) is 11.8 Å². The van der Waals surface area contributed by atoms with Crippen LogP contribution < -0.4 is 21.7 Å². The van der Waals surface area contributed by atoms with Gasteiger partial charge in [-0.2, -0.15) is 0 Å². The molecule has 0 spiro atoms. The summed E-state index contributed by atoms with van der Waals surface area (Å²) in [5.41, 5.74) is 10.9. The smallest absolute Gasteiger partial charge is 0.252 e. The molecule has 3 aromatic carbocycles. The van der Waals surface area contributed by atoms with Crippen LogP contribution in [0.2, 0.25) is 0 Å². The van der Waals surface area contributed by atoms with Gasteiger partial charge in [0.25, 0.3) is 5.91 Å². The van der Waals surface area contributed by atoms with Crippen molar-refractivity contribution in [2.45, 2.75) is 46.2 Å². The van der Waals surface area contributed by atoms with Crippen molar-refractivity contribution >= 4 is 34.7 Å². The summed E-state index contributed by atoms with van der Waals surface area (Å²) in [6.07, 6.45) is 2.43. The Hall–Kier alpha value is -4.23. The fourth-order valence-electron chi connectivity index (χ4n) is 4.73. The molecule has 7 nitrogen and oxygen atoms in total. The Morgan fingerprint density at radius 1 is 0.846 bits per heavy atom. The maximum atomic E-state index is 13.5. The number of hydrogen-bond acceptors (Lipinski definition) is 4. The van der Waals surface area contributed by atoms with Crippen LogP contribution in [0.1, 0.15) is 50.0 Å². The maximum Gasteiger partial charge on any atom is 0.252 e. The van der Waals surface area contributed by atoms with E-state index in [0.717, 1.165) is 28.7 Å². The minimum atomic E-state index is -0.642. The van der Waals surface area contributed by atoms with E-state index in [0.29, 0.717) is 16.9 Å². The molecule has 0 bridgehead atoms. The molecule has 0 saturated heterocycles. The predicted octanol–water partition coefficient (Wildman–Crippen LogP) is 5.46. The van der Waals surface area contributed by atoms with Crippen molar-refractivity contribution in [2.24, 2.45) is 17.6 Å². The third kappa shape index (κ3) is 6.10. The van der Waals surface area contributed by atoms with Gasteiger partial charge in [-0.05, 0) is 41.2 Å². The fraction of sp³-hybridized carbons (Fsp3) is 0.281. The van der Waals surface area contributed by atoms with E-state index in [4.69, 9.17) is 5.73 Å². The number of rotatable bonds is 8. The average Bonchev–Trinajstić information content (AvgIpc) is 2.94. The molecule has 202 valence electrons. The van der Waals surface area contributed by atoms with E-state index in [1.807, 2.05) is 80.6 Å². The molecule has 4 rings (SSSR count). The molecule has 3 amide bonds. The first-order chi connectivity index (χ1) is 18.7. The first kappa shape index (κ1) is 27.8. The minimum Gasteiger partial charge on any atom is -0.345 e. The summed E-state index contributed by atoms with van der Waals surface area (Å²) in [5, 5.41) is 9.06. The highest BCUT2D eigenvalue weighted by Gasteiger charge is 2.32. The van der Waals surface area contributed by atoms with Gasteiger partial charge in [-0.1, -0.05) is 88.7 Å².